The molecule has 6 aromatic carbocycles. The number of halogens is 2. The number of amides is 8. The van der Waals surface area contributed by atoms with Gasteiger partial charge in [0.2, 0.25) is 53.4 Å². The van der Waals surface area contributed by atoms with Crippen LogP contribution in [0, 0.1) is 5.92 Å². The van der Waals surface area contributed by atoms with Gasteiger partial charge in [0.25, 0.3) is 0 Å². The van der Waals surface area contributed by atoms with Gasteiger partial charge in [-0.15, -0.1) is 0 Å². The average Bonchev–Trinajstić information content (AvgIpc) is 0.752. The number of phenols is 3. The van der Waals surface area contributed by atoms with Gasteiger partial charge in [-0.25, -0.2) is 9.59 Å². The molecular formula is C93H119Cl2N11O35P2. The molecule has 2 fully saturated rings. The zero-order valence-electron chi connectivity index (χ0n) is 78.4. The Bertz CT molecular complexity index is 5700. The van der Waals surface area contributed by atoms with Crippen molar-refractivity contribution in [1.82, 2.24) is 52.8 Å². The number of nitrogens with zero attached hydrogens (tertiary/aromatic N) is 1. The quantitative estimate of drug-likeness (QED) is 0.00850. The van der Waals surface area contributed by atoms with Crippen molar-refractivity contribution < 1.29 is 170 Å². The summed E-state index contributed by atoms with van der Waals surface area (Å²) in [4.78, 5) is 198. The third-order valence-electron chi connectivity index (χ3n) is 24.9. The molecule has 0 spiro atoms. The van der Waals surface area contributed by atoms with Crippen LogP contribution in [0.15, 0.2) is 97.1 Å². The molecule has 46 nitrogen and oxygen atoms in total. The predicted molar refractivity (Wildman–Crippen MR) is 504 cm³/mol. The van der Waals surface area contributed by atoms with E-state index >= 15 is 24.0 Å². The number of carboxylic acid groups (broad SMARTS) is 1. The molecule has 7 aliphatic heterocycles. The number of likely N-dealkylation sites (N-methyl/N-ethyl adjacent to an activating group) is 1. The van der Waals surface area contributed by atoms with Crippen LogP contribution in [0.25, 0.3) is 11.1 Å². The third kappa shape index (κ3) is 28.3. The maximum absolute atomic E-state index is 16.6. The summed E-state index contributed by atoms with van der Waals surface area (Å²) in [5, 5.41) is 141. The molecule has 0 aromatic heterocycles. The van der Waals surface area contributed by atoms with E-state index in [9.17, 15) is 109 Å². The van der Waals surface area contributed by atoms with E-state index in [0.717, 1.165) is 111 Å². The van der Waals surface area contributed by atoms with Crippen molar-refractivity contribution in [2.45, 2.75) is 246 Å². The molecule has 0 saturated carbocycles. The summed E-state index contributed by atoms with van der Waals surface area (Å²) >= 11 is 14.4. The fourth-order valence-corrected chi connectivity index (χ4v) is 20.1. The van der Waals surface area contributed by atoms with Crippen LogP contribution in [0.5, 0.6) is 51.7 Å². The number of hydrogen-bond donors (Lipinski definition) is 24. The number of primary amides is 1. The number of carbonyl (C=O) groups is 11. The zero-order valence-corrected chi connectivity index (χ0v) is 81.7. The van der Waals surface area contributed by atoms with Gasteiger partial charge in [0.05, 0.1) is 60.0 Å². The summed E-state index contributed by atoms with van der Waals surface area (Å²) in [6, 6.07) is 1.41. The highest BCUT2D eigenvalue weighted by Crippen LogP contribution is 2.62. The molecule has 0 radical (unpaired) electrons. The first-order chi connectivity index (χ1) is 67.6. The molecule has 18 unspecified atom stereocenters. The fourth-order valence-electron chi connectivity index (χ4n) is 17.1. The highest BCUT2D eigenvalue weighted by Gasteiger charge is 2.53. The number of nitrogens with two attached hydrogens (primary N) is 1. The van der Waals surface area contributed by atoms with E-state index in [1.165, 1.54) is 44.5 Å². The molecule has 50 heteroatoms. The van der Waals surface area contributed by atoms with Gasteiger partial charge in [-0.05, 0) is 147 Å². The summed E-state index contributed by atoms with van der Waals surface area (Å²) in [6.45, 7) is 6.94. The van der Waals surface area contributed by atoms with E-state index in [1.807, 2.05) is 0 Å². The normalized spacial score (nSPS) is 24.4. The number of carboxylic acids is 1. The minimum Gasteiger partial charge on any atom is -0.507 e. The van der Waals surface area contributed by atoms with Crippen molar-refractivity contribution in [2.24, 2.45) is 11.7 Å². The molecule has 2 saturated heterocycles. The molecule has 18 atom stereocenters. The molecule has 7 aliphatic rings. The number of hydrogen-bond acceptors (Lipinski definition) is 33. The summed E-state index contributed by atoms with van der Waals surface area (Å²) in [6.07, 6.45) is -13.2. The first kappa shape index (κ1) is 112. The number of fused-ring (bicyclic) bond motifs is 15. The second-order valence-corrected chi connectivity index (χ2v) is 40.8. The molecule has 0 aliphatic carbocycles. The van der Waals surface area contributed by atoms with Gasteiger partial charge in [-0.2, -0.15) is 0 Å². The van der Waals surface area contributed by atoms with E-state index in [2.05, 4.69) is 54.8 Å². The molecule has 11 bridgehead atoms. The van der Waals surface area contributed by atoms with Crippen molar-refractivity contribution in [3.8, 4) is 62.9 Å². The SMILES string of the molecule is CCCCCCCCCCNCCNC1(C)CC(OC2C(Oc3c4cc5cc3Oc3ccc(cc3Cl)C(O)C3NC(=O)C(NC(=O)C5NC(=O)C(CC(N)=O)NC(=O)C(NC(=O)C(CC(C)C)NC)C(O)c5ccc(c(Cl)c5)O4)c4ccc(O)c(c4)-c4c(cc(O)c(CN(CC=O)C(=O)OCc5ccc(OC(=O)CCC(P(=O)(O)O)P(=O)(O)O)cc5)c4O)C(C(=O)O)NC3=O)OC(CO)C(O)C2O)OC(C)C1O. The van der Waals surface area contributed by atoms with Crippen molar-refractivity contribution >= 4 is 104 Å². The van der Waals surface area contributed by atoms with Crippen LogP contribution in [-0.2, 0) is 89.2 Å². The molecule has 7 heterocycles. The number of aldehydes is 1. The van der Waals surface area contributed by atoms with Crippen LogP contribution in [-0.4, -0.2) is 265 Å². The minimum atomic E-state index is -5.40. The Hall–Kier alpha value is -11.3. The van der Waals surface area contributed by atoms with Crippen LogP contribution in [0.3, 0.4) is 0 Å². The van der Waals surface area contributed by atoms with E-state index in [0.29, 0.717) is 24.1 Å². The minimum absolute atomic E-state index is 0.146. The Morgan fingerprint density at radius 2 is 1.30 bits per heavy atom. The first-order valence-corrected chi connectivity index (χ1v) is 50.2. The second-order valence-electron chi connectivity index (χ2n) is 36.0. The van der Waals surface area contributed by atoms with Gasteiger partial charge in [0.15, 0.2) is 35.3 Å². The van der Waals surface area contributed by atoms with E-state index in [-0.39, 0.29) is 41.9 Å². The van der Waals surface area contributed by atoms with Crippen molar-refractivity contribution in [3.63, 3.8) is 0 Å². The van der Waals surface area contributed by atoms with Crippen LogP contribution >= 0.6 is 38.4 Å². The van der Waals surface area contributed by atoms with Crippen molar-refractivity contribution in [2.75, 3.05) is 39.8 Å². The van der Waals surface area contributed by atoms with Gasteiger partial charge < -0.3 is 167 Å². The molecule has 13 rings (SSSR count). The zero-order chi connectivity index (χ0) is 105. The maximum atomic E-state index is 16.6. The highest BCUT2D eigenvalue weighted by atomic mass is 35.5. The van der Waals surface area contributed by atoms with E-state index in [1.54, 1.807) is 27.7 Å². The largest absolute Gasteiger partial charge is 0.507 e. The van der Waals surface area contributed by atoms with Crippen molar-refractivity contribution in [3.05, 3.63) is 146 Å². The smallest absolute Gasteiger partial charge is 0.410 e. The van der Waals surface area contributed by atoms with Crippen LogP contribution in [0.2, 0.25) is 10.0 Å². The lowest BCUT2D eigenvalue weighted by Crippen LogP contribution is -2.65. The Kier molecular flexibility index (Phi) is 38.8. The number of unbranched alkanes of at least 4 members (excludes halogenated alkanes) is 7. The number of phenolic OH excluding ortho intramolecular Hbond substituents is 3. The van der Waals surface area contributed by atoms with E-state index in [4.69, 9.17) is 66.8 Å². The number of aliphatic carboxylic acids is 1. The number of aliphatic hydroxyl groups excluding tert-OH is 6. The number of rotatable bonds is 38. The summed E-state index contributed by atoms with van der Waals surface area (Å²) in [5.74, 6) is -19.5. The molecular weight excluding hydrogens is 1960 g/mol. The Morgan fingerprint density at radius 3 is 1.90 bits per heavy atom. The Balaban J connectivity index is 1.05. The molecule has 8 amide bonds. The van der Waals surface area contributed by atoms with Gasteiger partial charge in [0.1, 0.15) is 108 Å². The number of nitrogens with one attached hydrogen (secondary N) is 9. The monoisotopic (exact) mass is 2080 g/mol. The standard InChI is InChI=1S/C93H119Cl2N11O35P2/c1-7-8-9-10-11-12-13-14-27-98-28-29-99-93(5)40-68(135-45(4)83(93)118)140-82-80(117)79(116)65(42-108)139-91(82)141-81-63-36-50-37-64(81)138-62-24-19-49(35-56(62)95)77(114)75-89(124)103-73(90(125)126)53-38-60(110)54(41-106(30-31-107)92(127)134-43-46-15-20-51(21-16-46)136-67(112)25-26-69(142(128,129)130)143(131,132)133)78(115)70(53)52-33-47(17-22-59(52)109)71(86(121)105-75)102-87(122)72(50)101-85(120)58(39-66(96)111)100-88(123)74(104-84(119)57(97-6)32-44(2)3)76(113)48-18-23-61(137-63)55(94)34-48/h15-24,31,33-38,44-45,57-58,65,68-69,71-77,79-80,82-83,91,97-99,108-110,113-118H,7-14,25-30,32,39-43H2,1-6H3,(H2,96,111)(H,100,123)(H,101,120)(H,102,122)(H,103,124)(H,104,119)(H,105,121)(H,125,126)(H2,128,129,130)(H2,131,132,133). The van der Waals surface area contributed by atoms with Gasteiger partial charge >= 0.3 is 33.2 Å². The summed E-state index contributed by atoms with van der Waals surface area (Å²) < 4.78 is 73.8. The van der Waals surface area contributed by atoms with Crippen LogP contribution in [0.4, 0.5) is 4.79 Å². The molecule has 6 aromatic rings. The number of esters is 1. The number of aliphatic hydroxyl groups is 6. The number of carbonyl (C=O) groups excluding carboxylic acids is 10. The van der Waals surface area contributed by atoms with Crippen LogP contribution in [0.1, 0.15) is 187 Å². The second kappa shape index (κ2) is 49.5. The number of benzene rings is 6. The molecule has 25 N–H and O–H groups in total. The van der Waals surface area contributed by atoms with Gasteiger partial charge in [0, 0.05) is 48.2 Å². The highest BCUT2D eigenvalue weighted by molar-refractivity contribution is 7.70. The topological polar surface area (TPSA) is 717 Å². The summed E-state index contributed by atoms with van der Waals surface area (Å²) in [7, 11) is -9.34. The Labute approximate surface area is 829 Å². The Morgan fingerprint density at radius 1 is 0.692 bits per heavy atom. The van der Waals surface area contributed by atoms with Gasteiger partial charge in [-0.3, -0.25) is 52.4 Å². The number of aromatic hydroxyl groups is 3. The average molecular weight is 2080 g/mol. The lowest BCUT2D eigenvalue weighted by Gasteiger charge is -2.48. The fraction of sp³-hybridized carbons (Fsp3) is 0.495. The molecule has 143 heavy (non-hydrogen) atoms. The lowest BCUT2D eigenvalue weighted by atomic mass is 9.85. The predicted octanol–water partition coefficient (Wildman–Crippen LogP) is 4.17. The van der Waals surface area contributed by atoms with Crippen molar-refractivity contribution in [1.29, 1.82) is 0 Å². The van der Waals surface area contributed by atoms with E-state index < -0.39 is 330 Å². The maximum Gasteiger partial charge on any atom is 0.410 e. The summed E-state index contributed by atoms with van der Waals surface area (Å²) in [5.41, 5.74) is -0.0693. The molecule has 780 valence electrons. The first-order valence-electron chi connectivity index (χ1n) is 46.1. The van der Waals surface area contributed by atoms with Gasteiger partial charge in [-0.1, -0.05) is 119 Å². The van der Waals surface area contributed by atoms with Crippen LogP contribution < -0.4 is 72.5 Å². The third-order valence-corrected chi connectivity index (χ3v) is 29.3. The lowest BCUT2D eigenvalue weighted by molar-refractivity contribution is -0.334. The number of ether oxygens (including phenoxy) is 8.